The van der Waals surface area contributed by atoms with Gasteiger partial charge in [0.05, 0.1) is 17.8 Å². The zero-order valence-electron chi connectivity index (χ0n) is 12.2. The molecule has 0 bridgehead atoms. The third-order valence-corrected chi connectivity index (χ3v) is 4.65. The molecule has 0 unspecified atom stereocenters. The van der Waals surface area contributed by atoms with Crippen molar-refractivity contribution < 1.29 is 4.79 Å². The lowest BCUT2D eigenvalue weighted by atomic mass is 10.2. The summed E-state index contributed by atoms with van der Waals surface area (Å²) in [6.07, 6.45) is 2.07. The van der Waals surface area contributed by atoms with E-state index in [0.29, 0.717) is 28.6 Å². The first kappa shape index (κ1) is 17.0. The highest BCUT2D eigenvalue weighted by atomic mass is 79.9. The minimum Gasteiger partial charge on any atom is -0.298 e. The van der Waals surface area contributed by atoms with Crippen molar-refractivity contribution in [3.63, 3.8) is 0 Å². The summed E-state index contributed by atoms with van der Waals surface area (Å²) >= 11 is 15.5. The number of carbonyl (C=O) groups is 1. The van der Waals surface area contributed by atoms with Gasteiger partial charge < -0.3 is 0 Å². The topological polar surface area (TPSA) is 44.0 Å². The van der Waals surface area contributed by atoms with Crippen molar-refractivity contribution in [1.29, 1.82) is 0 Å². The third-order valence-electron chi connectivity index (χ3n) is 3.53. The van der Waals surface area contributed by atoms with Crippen LogP contribution in [0.25, 0.3) is 5.69 Å². The molecule has 1 heterocycles. The van der Waals surface area contributed by atoms with Crippen LogP contribution in [-0.4, -0.2) is 15.6 Å². The second-order valence-corrected chi connectivity index (χ2v) is 6.89. The lowest BCUT2D eigenvalue weighted by molar-refractivity contribution is 0.112. The van der Waals surface area contributed by atoms with Crippen molar-refractivity contribution in [3.05, 3.63) is 84.7 Å². The first-order valence-corrected chi connectivity index (χ1v) is 8.52. The van der Waals surface area contributed by atoms with Crippen LogP contribution in [0.1, 0.15) is 15.9 Å². The van der Waals surface area contributed by atoms with E-state index in [1.54, 1.807) is 35.0 Å². The molecule has 0 radical (unpaired) electrons. The quantitative estimate of drug-likeness (QED) is 0.574. The Hall–Kier alpha value is -1.82. The van der Waals surface area contributed by atoms with Gasteiger partial charge in [0.2, 0.25) is 0 Å². The molecule has 0 amide bonds. The predicted molar refractivity (Wildman–Crippen MR) is 98.7 cm³/mol. The van der Waals surface area contributed by atoms with Crippen LogP contribution >= 0.6 is 39.1 Å². The number of rotatable bonds is 4. The van der Waals surface area contributed by atoms with Crippen LogP contribution in [-0.2, 0) is 6.54 Å². The maximum Gasteiger partial charge on any atom is 0.281 e. The summed E-state index contributed by atoms with van der Waals surface area (Å²) in [5, 5.41) is 1.04. The van der Waals surface area contributed by atoms with Gasteiger partial charge in [0.15, 0.2) is 6.29 Å². The van der Waals surface area contributed by atoms with Crippen molar-refractivity contribution in [3.8, 4) is 5.69 Å². The summed E-state index contributed by atoms with van der Waals surface area (Å²) in [5.74, 6) is 0. The number of nitrogens with zero attached hydrogens (tertiary/aromatic N) is 2. The Morgan fingerprint density at radius 1 is 1.08 bits per heavy atom. The Morgan fingerprint density at radius 2 is 1.79 bits per heavy atom. The highest BCUT2D eigenvalue weighted by Crippen LogP contribution is 2.22. The largest absolute Gasteiger partial charge is 0.298 e. The molecule has 3 rings (SSSR count). The molecule has 0 fully saturated rings. The van der Waals surface area contributed by atoms with Crippen molar-refractivity contribution in [2.45, 2.75) is 6.54 Å². The van der Waals surface area contributed by atoms with Crippen molar-refractivity contribution in [2.24, 2.45) is 0 Å². The third kappa shape index (κ3) is 3.34. The molecule has 3 aromatic rings. The average molecular weight is 426 g/mol. The smallest absolute Gasteiger partial charge is 0.281 e. The molecule has 4 nitrogen and oxygen atoms in total. The molecule has 24 heavy (non-hydrogen) atoms. The fraction of sp³-hybridized carbons (Fsp3) is 0.0588. The normalized spacial score (nSPS) is 10.8. The molecule has 0 aliphatic heterocycles. The average Bonchev–Trinajstić information content (AvgIpc) is 2.87. The van der Waals surface area contributed by atoms with Crippen LogP contribution in [0.4, 0.5) is 0 Å². The molecule has 0 aliphatic rings. The van der Waals surface area contributed by atoms with Crippen LogP contribution in [0.5, 0.6) is 0 Å². The second-order valence-electron chi connectivity index (χ2n) is 5.13. The lowest BCUT2D eigenvalue weighted by Crippen LogP contribution is -2.22. The van der Waals surface area contributed by atoms with Crippen LogP contribution < -0.4 is 5.56 Å². The predicted octanol–water partition coefficient (Wildman–Crippen LogP) is 4.57. The van der Waals surface area contributed by atoms with E-state index in [0.717, 1.165) is 10.0 Å². The molecule has 0 N–H and O–H groups in total. The van der Waals surface area contributed by atoms with Gasteiger partial charge in [-0.05, 0) is 42.0 Å². The Morgan fingerprint density at radius 3 is 2.42 bits per heavy atom. The summed E-state index contributed by atoms with van der Waals surface area (Å²) in [5.41, 5.74) is 1.15. The molecule has 0 saturated carbocycles. The summed E-state index contributed by atoms with van der Waals surface area (Å²) < 4.78 is 4.00. The molecule has 7 heteroatoms. The molecule has 122 valence electrons. The molecule has 0 atom stereocenters. The maximum atomic E-state index is 12.5. The Bertz CT molecular complexity index is 962. The minimum atomic E-state index is -0.377. The van der Waals surface area contributed by atoms with E-state index < -0.39 is 0 Å². The first-order chi connectivity index (χ1) is 11.5. The standard InChI is InChI=1S/C17H11BrCl2N2O2/c18-13-2-5-15(6-3-13)22-17(24)12(10-23)9-21(22)8-11-1-4-14(19)7-16(11)20/h1-7,9-10H,8H2. The number of aromatic nitrogens is 2. The number of halogens is 3. The van der Waals surface area contributed by atoms with E-state index in [2.05, 4.69) is 15.9 Å². The fourth-order valence-electron chi connectivity index (χ4n) is 2.38. The number of carbonyl (C=O) groups excluding carboxylic acids is 1. The highest BCUT2D eigenvalue weighted by Gasteiger charge is 2.14. The summed E-state index contributed by atoms with van der Waals surface area (Å²) in [7, 11) is 0. The molecule has 1 aromatic heterocycles. The molecular formula is C17H11BrCl2N2O2. The molecule has 0 aliphatic carbocycles. The molecule has 0 spiro atoms. The fourth-order valence-corrected chi connectivity index (χ4v) is 3.11. The van der Waals surface area contributed by atoms with Crippen molar-refractivity contribution >= 4 is 45.4 Å². The number of benzene rings is 2. The van der Waals surface area contributed by atoms with Crippen molar-refractivity contribution in [2.75, 3.05) is 0 Å². The van der Waals surface area contributed by atoms with E-state index >= 15 is 0 Å². The number of hydrogen-bond donors (Lipinski definition) is 0. The highest BCUT2D eigenvalue weighted by molar-refractivity contribution is 9.10. The zero-order valence-corrected chi connectivity index (χ0v) is 15.3. The summed E-state index contributed by atoms with van der Waals surface area (Å²) in [6, 6.07) is 12.4. The first-order valence-electron chi connectivity index (χ1n) is 6.97. The van der Waals surface area contributed by atoms with Crippen molar-refractivity contribution in [1.82, 2.24) is 9.36 Å². The SMILES string of the molecule is O=Cc1cn(Cc2ccc(Cl)cc2Cl)n(-c2ccc(Br)cc2)c1=O. The zero-order chi connectivity index (χ0) is 17.3. The maximum absolute atomic E-state index is 12.5. The summed E-state index contributed by atoms with van der Waals surface area (Å²) in [4.78, 5) is 23.6. The van der Waals surface area contributed by atoms with Gasteiger partial charge in [-0.1, -0.05) is 45.2 Å². The van der Waals surface area contributed by atoms with Gasteiger partial charge in [-0.2, -0.15) is 0 Å². The van der Waals surface area contributed by atoms with Crippen LogP contribution in [0.3, 0.4) is 0 Å². The Kier molecular flexibility index (Phi) is 4.94. The Labute approximate surface area is 156 Å². The van der Waals surface area contributed by atoms with E-state index in [-0.39, 0.29) is 11.1 Å². The molecule has 0 saturated heterocycles. The van der Waals surface area contributed by atoms with Gasteiger partial charge in [-0.3, -0.25) is 14.3 Å². The van der Waals surface area contributed by atoms with E-state index in [4.69, 9.17) is 23.2 Å². The van der Waals surface area contributed by atoms with E-state index in [1.165, 1.54) is 10.9 Å². The van der Waals surface area contributed by atoms with Gasteiger partial charge in [0, 0.05) is 20.7 Å². The second kappa shape index (κ2) is 6.97. The molecular weight excluding hydrogens is 415 g/mol. The number of hydrogen-bond acceptors (Lipinski definition) is 2. The van der Waals surface area contributed by atoms with Gasteiger partial charge in [0.1, 0.15) is 0 Å². The van der Waals surface area contributed by atoms with Gasteiger partial charge >= 0.3 is 0 Å². The van der Waals surface area contributed by atoms with Gasteiger partial charge in [-0.25, -0.2) is 4.68 Å². The van der Waals surface area contributed by atoms with E-state index in [1.807, 2.05) is 12.1 Å². The lowest BCUT2D eigenvalue weighted by Gasteiger charge is -2.13. The number of aldehydes is 1. The minimum absolute atomic E-state index is 0.0861. The monoisotopic (exact) mass is 424 g/mol. The van der Waals surface area contributed by atoms with Gasteiger partial charge in [-0.15, -0.1) is 0 Å². The van der Waals surface area contributed by atoms with Crippen LogP contribution in [0.2, 0.25) is 10.0 Å². The Balaban J connectivity index is 2.12. The summed E-state index contributed by atoms with van der Waals surface area (Å²) in [6.45, 7) is 0.329. The van der Waals surface area contributed by atoms with Crippen LogP contribution in [0, 0.1) is 0 Å². The molecule has 2 aromatic carbocycles. The van der Waals surface area contributed by atoms with Crippen LogP contribution in [0.15, 0.2) is 57.9 Å². The van der Waals surface area contributed by atoms with E-state index in [9.17, 15) is 9.59 Å². The van der Waals surface area contributed by atoms with Gasteiger partial charge in [0.25, 0.3) is 5.56 Å².